The number of hydrogen-bond donors (Lipinski definition) is 1. The monoisotopic (exact) mass is 239 g/mol. The van der Waals surface area contributed by atoms with Crippen LogP contribution >= 0.6 is 0 Å². The largest absolute Gasteiger partial charge is 0.396 e. The second-order valence-electron chi connectivity index (χ2n) is 6.95. The fraction of sp³-hybridized carbons (Fsp3) is 1.00. The van der Waals surface area contributed by atoms with Crippen LogP contribution in [0.1, 0.15) is 46.5 Å². The van der Waals surface area contributed by atoms with Crippen LogP contribution in [-0.2, 0) is 0 Å². The second kappa shape index (κ2) is 5.27. The van der Waals surface area contributed by atoms with E-state index < -0.39 is 0 Å². The molecule has 2 heteroatoms. The predicted octanol–water partition coefficient (Wildman–Crippen LogP) is 2.76. The summed E-state index contributed by atoms with van der Waals surface area (Å²) in [5, 5.41) is 9.06. The molecule has 2 rings (SSSR count). The second-order valence-corrected chi connectivity index (χ2v) is 6.95. The van der Waals surface area contributed by atoms with Gasteiger partial charge in [0.1, 0.15) is 0 Å². The highest BCUT2D eigenvalue weighted by Gasteiger charge is 2.47. The summed E-state index contributed by atoms with van der Waals surface area (Å²) in [7, 11) is 0. The van der Waals surface area contributed by atoms with Gasteiger partial charge in [0.25, 0.3) is 0 Å². The van der Waals surface area contributed by atoms with Crippen molar-refractivity contribution >= 4 is 0 Å². The van der Waals surface area contributed by atoms with Crippen LogP contribution in [0.5, 0.6) is 0 Å². The molecular weight excluding hydrogens is 210 g/mol. The lowest BCUT2D eigenvalue weighted by Gasteiger charge is -2.54. The molecule has 2 atom stereocenters. The van der Waals surface area contributed by atoms with E-state index in [0.717, 1.165) is 24.2 Å². The third-order valence-electron chi connectivity index (χ3n) is 5.51. The molecule has 100 valence electrons. The van der Waals surface area contributed by atoms with Crippen LogP contribution < -0.4 is 0 Å². The van der Waals surface area contributed by atoms with Gasteiger partial charge >= 0.3 is 0 Å². The van der Waals surface area contributed by atoms with Crippen molar-refractivity contribution in [1.29, 1.82) is 0 Å². The molecule has 2 fully saturated rings. The topological polar surface area (TPSA) is 23.5 Å². The molecule has 1 heterocycles. The Morgan fingerprint density at radius 1 is 1.18 bits per heavy atom. The third-order valence-corrected chi connectivity index (χ3v) is 5.51. The maximum atomic E-state index is 9.06. The minimum Gasteiger partial charge on any atom is -0.396 e. The highest BCUT2D eigenvalue weighted by molar-refractivity contribution is 4.97. The first-order chi connectivity index (χ1) is 8.04. The van der Waals surface area contributed by atoms with Gasteiger partial charge in [-0.05, 0) is 61.9 Å². The summed E-state index contributed by atoms with van der Waals surface area (Å²) in [5.41, 5.74) is 0.450. The zero-order valence-electron chi connectivity index (χ0n) is 11.8. The van der Waals surface area contributed by atoms with Crippen molar-refractivity contribution in [2.24, 2.45) is 23.2 Å². The summed E-state index contributed by atoms with van der Waals surface area (Å²) < 4.78 is 0. The van der Waals surface area contributed by atoms with Gasteiger partial charge in [0.15, 0.2) is 0 Å². The zero-order chi connectivity index (χ0) is 12.5. The van der Waals surface area contributed by atoms with Gasteiger partial charge in [0.05, 0.1) is 0 Å². The highest BCUT2D eigenvalue weighted by atomic mass is 16.3. The van der Waals surface area contributed by atoms with E-state index in [0.29, 0.717) is 12.0 Å². The molecule has 0 aromatic heterocycles. The van der Waals surface area contributed by atoms with Crippen molar-refractivity contribution in [2.75, 3.05) is 26.2 Å². The first kappa shape index (κ1) is 13.4. The maximum Gasteiger partial charge on any atom is 0.0433 e. The molecule has 0 bridgehead atoms. The molecule has 1 saturated heterocycles. The third kappa shape index (κ3) is 2.85. The van der Waals surface area contributed by atoms with E-state index >= 15 is 0 Å². The minimum atomic E-state index is 0.363. The van der Waals surface area contributed by atoms with Gasteiger partial charge in [0.2, 0.25) is 0 Å². The van der Waals surface area contributed by atoms with Crippen LogP contribution in [0.3, 0.4) is 0 Å². The molecule has 1 N–H and O–H groups in total. The van der Waals surface area contributed by atoms with Crippen LogP contribution in [0.2, 0.25) is 0 Å². The molecule has 0 amide bonds. The molecule has 1 aliphatic carbocycles. The summed E-state index contributed by atoms with van der Waals surface area (Å²) in [6.07, 6.45) is 5.10. The average Bonchev–Trinajstić information content (AvgIpc) is 2.30. The van der Waals surface area contributed by atoms with E-state index in [4.69, 9.17) is 5.11 Å². The summed E-state index contributed by atoms with van der Waals surface area (Å²) in [6.45, 7) is 11.4. The first-order valence-electron chi connectivity index (χ1n) is 7.37. The normalized spacial score (nSPS) is 34.6. The molecule has 2 nitrogen and oxygen atoms in total. The fourth-order valence-electron chi connectivity index (χ4n) is 3.64. The average molecular weight is 239 g/mol. The van der Waals surface area contributed by atoms with E-state index in [-0.39, 0.29) is 0 Å². The van der Waals surface area contributed by atoms with Gasteiger partial charge < -0.3 is 10.0 Å². The molecule has 1 saturated carbocycles. The van der Waals surface area contributed by atoms with Crippen LogP contribution in [0.15, 0.2) is 0 Å². The number of aliphatic hydroxyl groups excluding tert-OH is 1. The Morgan fingerprint density at radius 2 is 1.82 bits per heavy atom. The molecule has 0 radical (unpaired) electrons. The van der Waals surface area contributed by atoms with Gasteiger partial charge in [-0.3, -0.25) is 0 Å². The summed E-state index contributed by atoms with van der Waals surface area (Å²) in [5.74, 6) is 2.54. The standard InChI is InChI=1S/C15H29NO/c1-12-4-7-16(8-5-12)11-14-10-13(6-9-17)15(14,2)3/h12-14,17H,4-11H2,1-3H3/t13-,14-/m0/s1. The lowest BCUT2D eigenvalue weighted by molar-refractivity contribution is -0.0541. The SMILES string of the molecule is CC1CCN(C[C@@H]2C[C@H](CCO)C2(C)C)CC1. The Labute approximate surface area is 106 Å². The molecule has 1 aliphatic heterocycles. The Hall–Kier alpha value is -0.0800. The van der Waals surface area contributed by atoms with Crippen molar-refractivity contribution in [2.45, 2.75) is 46.5 Å². The Morgan fingerprint density at radius 3 is 2.35 bits per heavy atom. The lowest BCUT2D eigenvalue weighted by atomic mass is 9.53. The van der Waals surface area contributed by atoms with E-state index in [1.54, 1.807) is 0 Å². The Balaban J connectivity index is 1.77. The molecular formula is C15H29NO. The highest BCUT2D eigenvalue weighted by Crippen LogP contribution is 2.53. The number of aliphatic hydroxyl groups is 1. The van der Waals surface area contributed by atoms with E-state index in [9.17, 15) is 0 Å². The maximum absolute atomic E-state index is 9.06. The van der Waals surface area contributed by atoms with Gasteiger partial charge in [-0.15, -0.1) is 0 Å². The number of piperidine rings is 1. The number of rotatable bonds is 4. The Bertz CT molecular complexity index is 243. The zero-order valence-corrected chi connectivity index (χ0v) is 11.8. The van der Waals surface area contributed by atoms with Crippen LogP contribution in [0.4, 0.5) is 0 Å². The molecule has 17 heavy (non-hydrogen) atoms. The fourth-order valence-corrected chi connectivity index (χ4v) is 3.64. The van der Waals surface area contributed by atoms with Crippen molar-refractivity contribution in [3.05, 3.63) is 0 Å². The predicted molar refractivity (Wildman–Crippen MR) is 71.9 cm³/mol. The van der Waals surface area contributed by atoms with Gasteiger partial charge in [-0.1, -0.05) is 20.8 Å². The lowest BCUT2D eigenvalue weighted by Crippen LogP contribution is -2.51. The number of nitrogens with zero attached hydrogens (tertiary/aromatic N) is 1. The number of likely N-dealkylation sites (tertiary alicyclic amines) is 1. The summed E-state index contributed by atoms with van der Waals surface area (Å²) >= 11 is 0. The van der Waals surface area contributed by atoms with E-state index in [2.05, 4.69) is 25.7 Å². The van der Waals surface area contributed by atoms with Gasteiger partial charge in [-0.25, -0.2) is 0 Å². The first-order valence-corrected chi connectivity index (χ1v) is 7.37. The Kier molecular flexibility index (Phi) is 4.14. The van der Waals surface area contributed by atoms with Gasteiger partial charge in [-0.2, -0.15) is 0 Å². The molecule has 0 aromatic rings. The molecule has 0 unspecified atom stereocenters. The minimum absolute atomic E-state index is 0.363. The van der Waals surface area contributed by atoms with Gasteiger partial charge in [0, 0.05) is 13.2 Å². The quantitative estimate of drug-likeness (QED) is 0.815. The summed E-state index contributed by atoms with van der Waals surface area (Å²) in [4.78, 5) is 2.67. The van der Waals surface area contributed by atoms with Crippen LogP contribution in [-0.4, -0.2) is 36.2 Å². The van der Waals surface area contributed by atoms with Crippen molar-refractivity contribution in [3.63, 3.8) is 0 Å². The molecule has 0 spiro atoms. The van der Waals surface area contributed by atoms with E-state index in [1.807, 2.05) is 0 Å². The number of hydrogen-bond acceptors (Lipinski definition) is 2. The van der Waals surface area contributed by atoms with E-state index in [1.165, 1.54) is 38.9 Å². The molecule has 2 aliphatic rings. The smallest absolute Gasteiger partial charge is 0.0433 e. The van der Waals surface area contributed by atoms with Crippen molar-refractivity contribution in [3.8, 4) is 0 Å². The molecule has 0 aromatic carbocycles. The summed E-state index contributed by atoms with van der Waals surface area (Å²) in [6, 6.07) is 0. The van der Waals surface area contributed by atoms with Crippen LogP contribution in [0.25, 0.3) is 0 Å². The van der Waals surface area contributed by atoms with Crippen molar-refractivity contribution in [1.82, 2.24) is 4.90 Å². The van der Waals surface area contributed by atoms with Crippen molar-refractivity contribution < 1.29 is 5.11 Å². The van der Waals surface area contributed by atoms with Crippen LogP contribution in [0, 0.1) is 23.2 Å².